The van der Waals surface area contributed by atoms with E-state index in [9.17, 15) is 4.79 Å². The van der Waals surface area contributed by atoms with E-state index in [1.165, 1.54) is 54.1 Å². The van der Waals surface area contributed by atoms with Crippen LogP contribution in [-0.4, -0.2) is 27.5 Å². The Balaban J connectivity index is 1.34. The molecule has 132 valence electrons. The van der Waals surface area contributed by atoms with E-state index >= 15 is 0 Å². The Bertz CT molecular complexity index is 806. The van der Waals surface area contributed by atoms with Crippen LogP contribution in [0, 0.1) is 18.8 Å². The minimum Gasteiger partial charge on any atom is -0.350 e. The van der Waals surface area contributed by atoms with E-state index in [1.807, 2.05) is 0 Å². The monoisotopic (exact) mass is 336 g/mol. The molecule has 2 aliphatic carbocycles. The van der Waals surface area contributed by atoms with E-state index < -0.39 is 0 Å². The molecule has 0 unspecified atom stereocenters. The van der Waals surface area contributed by atoms with Crippen LogP contribution in [0.15, 0.2) is 24.4 Å². The van der Waals surface area contributed by atoms with Crippen LogP contribution in [0.4, 0.5) is 0 Å². The fourth-order valence-corrected chi connectivity index (χ4v) is 6.23. The molecule has 2 aromatic rings. The first-order valence-electron chi connectivity index (χ1n) is 9.95. The largest absolute Gasteiger partial charge is 0.350 e. The summed E-state index contributed by atoms with van der Waals surface area (Å²) in [5.41, 5.74) is 3.92. The lowest BCUT2D eigenvalue weighted by Gasteiger charge is -2.56. The predicted molar refractivity (Wildman–Crippen MR) is 100 cm³/mol. The zero-order valence-electron chi connectivity index (χ0n) is 15.4. The molecule has 3 nitrogen and oxygen atoms in total. The molecule has 4 fully saturated rings. The van der Waals surface area contributed by atoms with E-state index in [0.717, 1.165) is 18.3 Å². The lowest BCUT2D eigenvalue weighted by molar-refractivity contribution is -0.149. The summed E-state index contributed by atoms with van der Waals surface area (Å²) in [5.74, 6) is 2.22. The number of fused-ring (bicyclic) bond motifs is 1. The van der Waals surface area contributed by atoms with Crippen molar-refractivity contribution in [2.45, 2.75) is 64.0 Å². The number of amides is 1. The average Bonchev–Trinajstić information content (AvgIpc) is 2.89. The van der Waals surface area contributed by atoms with Gasteiger partial charge in [-0.25, -0.2) is 0 Å². The highest BCUT2D eigenvalue weighted by molar-refractivity contribution is 5.88. The van der Waals surface area contributed by atoms with E-state index in [-0.39, 0.29) is 0 Å². The molecule has 1 amide bonds. The van der Waals surface area contributed by atoms with Crippen molar-refractivity contribution in [3.8, 4) is 0 Å². The topological polar surface area (TPSA) is 25.2 Å². The second kappa shape index (κ2) is 5.62. The molecular weight excluding hydrogens is 308 g/mol. The Hall–Kier alpha value is -1.77. The smallest absolute Gasteiger partial charge is 0.223 e. The molecule has 2 saturated heterocycles. The van der Waals surface area contributed by atoms with Crippen molar-refractivity contribution in [2.24, 2.45) is 18.9 Å². The summed E-state index contributed by atoms with van der Waals surface area (Å²) in [6.45, 7) is 2.18. The normalized spacial score (nSPS) is 30.4. The molecule has 4 bridgehead atoms. The molecule has 1 aromatic carbocycles. The van der Waals surface area contributed by atoms with Gasteiger partial charge in [0.05, 0.1) is 0 Å². The zero-order valence-corrected chi connectivity index (χ0v) is 15.4. The summed E-state index contributed by atoms with van der Waals surface area (Å²) >= 11 is 0. The Morgan fingerprint density at radius 3 is 2.44 bits per heavy atom. The minimum absolute atomic E-state index is 0.402. The number of hydrogen-bond donors (Lipinski definition) is 0. The lowest BCUT2D eigenvalue weighted by atomic mass is 9.63. The fourth-order valence-electron chi connectivity index (χ4n) is 6.23. The number of aryl methyl sites for hydroxylation is 3. The third-order valence-electron chi connectivity index (χ3n) is 7.07. The molecule has 0 spiro atoms. The van der Waals surface area contributed by atoms with Crippen molar-refractivity contribution < 1.29 is 4.79 Å². The molecular formula is C22H28N2O. The van der Waals surface area contributed by atoms with Gasteiger partial charge < -0.3 is 9.47 Å². The summed E-state index contributed by atoms with van der Waals surface area (Å²) in [4.78, 5) is 15.4. The highest BCUT2D eigenvalue weighted by atomic mass is 16.2. The summed E-state index contributed by atoms with van der Waals surface area (Å²) in [5, 5.41) is 1.35. The Morgan fingerprint density at radius 1 is 1.08 bits per heavy atom. The molecule has 4 aliphatic rings. The number of carbonyl (C=O) groups excluding carboxylic acids is 1. The quantitative estimate of drug-likeness (QED) is 0.824. The summed E-state index contributed by atoms with van der Waals surface area (Å²) in [6.07, 6.45) is 10.3. The molecule has 2 aliphatic heterocycles. The molecule has 2 saturated carbocycles. The second-order valence-electron chi connectivity index (χ2n) is 8.75. The number of rotatable bonds is 3. The van der Waals surface area contributed by atoms with E-state index in [2.05, 4.69) is 47.8 Å². The van der Waals surface area contributed by atoms with Gasteiger partial charge in [-0.05, 0) is 74.5 Å². The van der Waals surface area contributed by atoms with Crippen LogP contribution >= 0.6 is 0 Å². The van der Waals surface area contributed by atoms with Gasteiger partial charge in [0, 0.05) is 42.7 Å². The van der Waals surface area contributed by atoms with Gasteiger partial charge in [0.15, 0.2) is 0 Å². The number of hydrogen-bond acceptors (Lipinski definition) is 1. The maximum atomic E-state index is 13.1. The Labute approximate surface area is 150 Å². The Kier molecular flexibility index (Phi) is 3.48. The number of nitrogens with zero attached hydrogens (tertiary/aromatic N) is 2. The maximum absolute atomic E-state index is 13.1. The molecule has 3 heterocycles. The summed E-state index contributed by atoms with van der Waals surface area (Å²) in [7, 11) is 2.11. The van der Waals surface area contributed by atoms with Gasteiger partial charge in [-0.2, -0.15) is 0 Å². The SMILES string of the molecule is Cc1cccc2c1c(CCC(=O)N1C3CC4CC(C3)CC1C4)cn2C. The van der Waals surface area contributed by atoms with Crippen LogP contribution in [0.5, 0.6) is 0 Å². The minimum atomic E-state index is 0.402. The highest BCUT2D eigenvalue weighted by Crippen LogP contribution is 2.49. The van der Waals surface area contributed by atoms with Crippen LogP contribution in [0.3, 0.4) is 0 Å². The van der Waals surface area contributed by atoms with Gasteiger partial charge in [-0.15, -0.1) is 0 Å². The van der Waals surface area contributed by atoms with Crippen LogP contribution in [0.1, 0.15) is 49.7 Å². The molecule has 25 heavy (non-hydrogen) atoms. The van der Waals surface area contributed by atoms with Crippen molar-refractivity contribution in [1.82, 2.24) is 9.47 Å². The number of piperidine rings is 2. The molecule has 1 aromatic heterocycles. The van der Waals surface area contributed by atoms with Gasteiger partial charge in [-0.3, -0.25) is 4.79 Å². The van der Waals surface area contributed by atoms with Crippen molar-refractivity contribution in [2.75, 3.05) is 0 Å². The van der Waals surface area contributed by atoms with Crippen LogP contribution < -0.4 is 0 Å². The molecule has 6 rings (SSSR count). The van der Waals surface area contributed by atoms with Crippen molar-refractivity contribution in [3.05, 3.63) is 35.5 Å². The maximum Gasteiger partial charge on any atom is 0.223 e. The third kappa shape index (κ3) is 2.43. The average molecular weight is 336 g/mol. The summed E-state index contributed by atoms with van der Waals surface area (Å²) < 4.78 is 2.20. The lowest BCUT2D eigenvalue weighted by Crippen LogP contribution is -2.59. The van der Waals surface area contributed by atoms with Crippen LogP contribution in [0.2, 0.25) is 0 Å². The second-order valence-corrected chi connectivity index (χ2v) is 8.75. The van der Waals surface area contributed by atoms with Gasteiger partial charge in [0.1, 0.15) is 0 Å². The predicted octanol–water partition coefficient (Wildman–Crippen LogP) is 4.21. The first-order valence-corrected chi connectivity index (χ1v) is 9.95. The standard InChI is InChI=1S/C22H28N2O/c1-14-4-3-5-20-22(14)17(13-23(20)2)6-7-21(25)24-18-9-15-8-16(11-18)12-19(24)10-15/h3-5,13,15-16,18-19H,6-12H2,1-2H3. The van der Waals surface area contributed by atoms with Gasteiger partial charge in [0.2, 0.25) is 5.91 Å². The third-order valence-corrected chi connectivity index (χ3v) is 7.07. The molecule has 0 radical (unpaired) electrons. The molecule has 0 atom stereocenters. The molecule has 3 heteroatoms. The Morgan fingerprint density at radius 2 is 1.76 bits per heavy atom. The van der Waals surface area contributed by atoms with E-state index in [1.54, 1.807) is 0 Å². The molecule has 0 N–H and O–H groups in total. The number of aromatic nitrogens is 1. The first-order chi connectivity index (χ1) is 12.1. The van der Waals surface area contributed by atoms with E-state index in [4.69, 9.17) is 0 Å². The number of benzene rings is 1. The van der Waals surface area contributed by atoms with Crippen molar-refractivity contribution >= 4 is 16.8 Å². The first kappa shape index (κ1) is 15.5. The van der Waals surface area contributed by atoms with Crippen molar-refractivity contribution in [1.29, 1.82) is 0 Å². The van der Waals surface area contributed by atoms with Gasteiger partial charge in [-0.1, -0.05) is 12.1 Å². The zero-order chi connectivity index (χ0) is 17.1. The van der Waals surface area contributed by atoms with Crippen molar-refractivity contribution in [3.63, 3.8) is 0 Å². The number of carbonyl (C=O) groups is 1. The van der Waals surface area contributed by atoms with Gasteiger partial charge in [0.25, 0.3) is 0 Å². The van der Waals surface area contributed by atoms with Gasteiger partial charge >= 0.3 is 0 Å². The van der Waals surface area contributed by atoms with E-state index in [0.29, 0.717) is 24.4 Å². The fraction of sp³-hybridized carbons (Fsp3) is 0.591. The van der Waals surface area contributed by atoms with Crippen LogP contribution in [-0.2, 0) is 18.3 Å². The highest BCUT2D eigenvalue weighted by Gasteiger charge is 2.48. The summed E-state index contributed by atoms with van der Waals surface area (Å²) in [6, 6.07) is 7.58. The van der Waals surface area contributed by atoms with Crippen LogP contribution in [0.25, 0.3) is 10.9 Å².